The topological polar surface area (TPSA) is 44.4 Å². The van der Waals surface area contributed by atoms with Gasteiger partial charge in [0.2, 0.25) is 0 Å². The molecule has 0 aromatic heterocycles. The molecule has 2 amide bonds. The molecule has 0 saturated carbocycles. The molecular formula is C16H19N3O. The smallest absolute Gasteiger partial charge is 0.322 e. The normalized spacial score (nSPS) is 10.1. The van der Waals surface area contributed by atoms with Crippen LogP contribution in [-0.4, -0.2) is 25.0 Å². The second-order valence-electron chi connectivity index (χ2n) is 4.79. The van der Waals surface area contributed by atoms with Gasteiger partial charge in [-0.05, 0) is 16.3 Å². The molecule has 0 saturated heterocycles. The number of amides is 2. The lowest BCUT2D eigenvalue weighted by atomic mass is 10.0. The molecule has 0 aliphatic carbocycles. The van der Waals surface area contributed by atoms with Gasteiger partial charge in [0.15, 0.2) is 0 Å². The van der Waals surface area contributed by atoms with Crippen molar-refractivity contribution in [3.8, 4) is 0 Å². The van der Waals surface area contributed by atoms with Crippen molar-refractivity contribution in [2.75, 3.05) is 14.1 Å². The summed E-state index contributed by atoms with van der Waals surface area (Å²) in [5, 5.41) is 8.21. The number of carbonyl (C=O) groups excluding carboxylic acids is 1. The highest BCUT2D eigenvalue weighted by molar-refractivity contribution is 5.85. The summed E-state index contributed by atoms with van der Waals surface area (Å²) < 4.78 is 0. The Morgan fingerprint density at radius 3 is 2.60 bits per heavy atom. The van der Waals surface area contributed by atoms with Crippen LogP contribution in [0.15, 0.2) is 54.9 Å². The van der Waals surface area contributed by atoms with Gasteiger partial charge in [-0.15, -0.1) is 0 Å². The summed E-state index contributed by atoms with van der Waals surface area (Å²) >= 11 is 0. The second kappa shape index (κ2) is 6.10. The van der Waals surface area contributed by atoms with Gasteiger partial charge in [0.1, 0.15) is 0 Å². The quantitative estimate of drug-likeness (QED) is 0.896. The summed E-state index contributed by atoms with van der Waals surface area (Å²) in [6, 6.07) is 14.2. The molecule has 4 heteroatoms. The number of hydrogen-bond donors (Lipinski definition) is 2. The lowest BCUT2D eigenvalue weighted by Crippen LogP contribution is -2.37. The van der Waals surface area contributed by atoms with E-state index in [1.807, 2.05) is 18.2 Å². The minimum Gasteiger partial charge on any atom is -0.368 e. The Bertz CT molecular complexity index is 629. The molecule has 0 unspecified atom stereocenters. The van der Waals surface area contributed by atoms with Gasteiger partial charge in [0, 0.05) is 20.6 Å². The lowest BCUT2D eigenvalue weighted by molar-refractivity contribution is 0.219. The summed E-state index contributed by atoms with van der Waals surface area (Å²) in [5.74, 6) is 0.497. The Balaban J connectivity index is 2.03. The molecular weight excluding hydrogens is 250 g/mol. The predicted octanol–water partition coefficient (Wildman–Crippen LogP) is 2.67. The molecule has 2 rings (SSSR count). The first kappa shape index (κ1) is 13.9. The highest BCUT2D eigenvalue weighted by Crippen LogP contribution is 2.18. The molecule has 2 aromatic rings. The third-order valence-corrected chi connectivity index (χ3v) is 3.04. The van der Waals surface area contributed by atoms with Crippen molar-refractivity contribution < 1.29 is 4.79 Å². The van der Waals surface area contributed by atoms with Crippen molar-refractivity contribution >= 4 is 16.8 Å². The number of rotatable bonds is 4. The van der Waals surface area contributed by atoms with Crippen molar-refractivity contribution in [2.24, 2.45) is 0 Å². The molecule has 104 valence electrons. The molecule has 2 aromatic carbocycles. The van der Waals surface area contributed by atoms with Gasteiger partial charge < -0.3 is 10.2 Å². The van der Waals surface area contributed by atoms with E-state index in [0.29, 0.717) is 12.4 Å². The van der Waals surface area contributed by atoms with Gasteiger partial charge in [-0.3, -0.25) is 5.32 Å². The van der Waals surface area contributed by atoms with E-state index in [1.54, 1.807) is 14.1 Å². The number of hydrogen-bond acceptors (Lipinski definition) is 2. The number of urea groups is 1. The number of nitrogens with zero attached hydrogens (tertiary/aromatic N) is 1. The number of benzene rings is 2. The van der Waals surface area contributed by atoms with Crippen molar-refractivity contribution in [1.29, 1.82) is 0 Å². The Morgan fingerprint density at radius 1 is 1.15 bits per heavy atom. The third kappa shape index (κ3) is 3.29. The van der Waals surface area contributed by atoms with Crippen LogP contribution in [0.4, 0.5) is 4.79 Å². The van der Waals surface area contributed by atoms with E-state index in [4.69, 9.17) is 0 Å². The van der Waals surface area contributed by atoms with Crippen LogP contribution in [-0.2, 0) is 6.54 Å². The van der Waals surface area contributed by atoms with Gasteiger partial charge in [-0.2, -0.15) is 0 Å². The van der Waals surface area contributed by atoms with E-state index in [2.05, 4.69) is 41.5 Å². The fourth-order valence-electron chi connectivity index (χ4n) is 1.93. The predicted molar refractivity (Wildman–Crippen MR) is 82.1 cm³/mol. The highest BCUT2D eigenvalue weighted by Gasteiger charge is 2.05. The third-order valence-electron chi connectivity index (χ3n) is 3.04. The first-order valence-corrected chi connectivity index (χ1v) is 6.45. The van der Waals surface area contributed by atoms with Crippen molar-refractivity contribution in [3.05, 3.63) is 60.4 Å². The molecule has 0 radical (unpaired) electrons. The fourth-order valence-corrected chi connectivity index (χ4v) is 1.93. The van der Waals surface area contributed by atoms with Crippen LogP contribution < -0.4 is 10.6 Å². The Morgan fingerprint density at radius 2 is 1.85 bits per heavy atom. The fraction of sp³-hybridized carbons (Fsp3) is 0.188. The maximum atomic E-state index is 11.5. The van der Waals surface area contributed by atoms with Gasteiger partial charge in [-0.1, -0.05) is 49.0 Å². The Labute approximate surface area is 119 Å². The maximum Gasteiger partial charge on any atom is 0.322 e. The second-order valence-corrected chi connectivity index (χ2v) is 4.79. The summed E-state index contributed by atoms with van der Waals surface area (Å²) in [6.07, 6.45) is 0. The molecule has 0 aliphatic rings. The van der Waals surface area contributed by atoms with Gasteiger partial charge in [0.05, 0.1) is 5.82 Å². The number of carbonyl (C=O) groups is 1. The molecule has 4 nitrogen and oxygen atoms in total. The summed E-state index contributed by atoms with van der Waals surface area (Å²) in [4.78, 5) is 13.0. The maximum absolute atomic E-state index is 11.5. The van der Waals surface area contributed by atoms with Gasteiger partial charge in [0.25, 0.3) is 0 Å². The van der Waals surface area contributed by atoms with Gasteiger partial charge in [-0.25, -0.2) is 4.79 Å². The number of fused-ring (bicyclic) bond motifs is 1. The largest absolute Gasteiger partial charge is 0.368 e. The van der Waals surface area contributed by atoms with Crippen molar-refractivity contribution in [3.63, 3.8) is 0 Å². The van der Waals surface area contributed by atoms with E-state index in [9.17, 15) is 4.79 Å². The van der Waals surface area contributed by atoms with Crippen LogP contribution in [0.1, 0.15) is 5.56 Å². The molecule has 2 N–H and O–H groups in total. The minimum atomic E-state index is -0.194. The van der Waals surface area contributed by atoms with Crippen molar-refractivity contribution in [2.45, 2.75) is 6.54 Å². The summed E-state index contributed by atoms with van der Waals surface area (Å²) in [5.41, 5.74) is 1.17. The molecule has 20 heavy (non-hydrogen) atoms. The van der Waals surface area contributed by atoms with Crippen LogP contribution in [0, 0.1) is 0 Å². The van der Waals surface area contributed by atoms with E-state index < -0.39 is 0 Å². The van der Waals surface area contributed by atoms with E-state index in [0.717, 1.165) is 0 Å². The Kier molecular flexibility index (Phi) is 4.25. The average Bonchev–Trinajstić information content (AvgIpc) is 2.44. The lowest BCUT2D eigenvalue weighted by Gasteiger charge is -2.15. The molecule has 0 heterocycles. The number of nitrogens with one attached hydrogen (secondary N) is 2. The van der Waals surface area contributed by atoms with E-state index in [1.165, 1.54) is 21.2 Å². The van der Waals surface area contributed by atoms with Crippen LogP contribution in [0.2, 0.25) is 0 Å². The monoisotopic (exact) mass is 269 g/mol. The van der Waals surface area contributed by atoms with E-state index >= 15 is 0 Å². The summed E-state index contributed by atoms with van der Waals surface area (Å²) in [6.45, 7) is 4.42. The zero-order chi connectivity index (χ0) is 14.5. The molecule has 0 aliphatic heterocycles. The highest BCUT2D eigenvalue weighted by atomic mass is 16.2. The zero-order valence-electron chi connectivity index (χ0n) is 11.8. The van der Waals surface area contributed by atoms with E-state index in [-0.39, 0.29) is 6.03 Å². The molecule has 0 bridgehead atoms. The SMILES string of the molecule is C=C(NCc1cccc2ccccc12)NC(=O)N(C)C. The standard InChI is InChI=1S/C16H19N3O/c1-12(18-16(20)19(2)3)17-11-14-9-6-8-13-7-4-5-10-15(13)14/h4-10,17H,1,11H2,2-3H3,(H,18,20). The van der Waals surface area contributed by atoms with Gasteiger partial charge >= 0.3 is 6.03 Å². The van der Waals surface area contributed by atoms with Crippen LogP contribution in [0.5, 0.6) is 0 Å². The Hall–Kier alpha value is -2.49. The van der Waals surface area contributed by atoms with Crippen molar-refractivity contribution in [1.82, 2.24) is 15.5 Å². The molecule has 0 atom stereocenters. The minimum absolute atomic E-state index is 0.194. The van der Waals surface area contributed by atoms with Crippen LogP contribution in [0.25, 0.3) is 10.8 Å². The first-order chi connectivity index (χ1) is 9.58. The first-order valence-electron chi connectivity index (χ1n) is 6.45. The molecule has 0 fully saturated rings. The summed E-state index contributed by atoms with van der Waals surface area (Å²) in [7, 11) is 3.38. The van der Waals surface area contributed by atoms with Crippen LogP contribution >= 0.6 is 0 Å². The zero-order valence-corrected chi connectivity index (χ0v) is 11.8. The van der Waals surface area contributed by atoms with Crippen LogP contribution in [0.3, 0.4) is 0 Å². The molecule has 0 spiro atoms. The average molecular weight is 269 g/mol.